The monoisotopic (exact) mass is 963 g/mol. The van der Waals surface area contributed by atoms with E-state index in [1.54, 1.807) is 0 Å². The van der Waals surface area contributed by atoms with Crippen molar-refractivity contribution >= 4 is 17.9 Å². The van der Waals surface area contributed by atoms with E-state index in [0.717, 1.165) is 103 Å². The van der Waals surface area contributed by atoms with Crippen molar-refractivity contribution in [3.8, 4) is 0 Å². The summed E-state index contributed by atoms with van der Waals surface area (Å²) in [4.78, 5) is 38.1. The van der Waals surface area contributed by atoms with E-state index < -0.39 is 6.10 Å². The summed E-state index contributed by atoms with van der Waals surface area (Å²) < 4.78 is 16.8. The molecule has 0 aliphatic rings. The van der Waals surface area contributed by atoms with Crippen LogP contribution in [0.4, 0.5) is 0 Å². The zero-order chi connectivity index (χ0) is 50.0. The van der Waals surface area contributed by atoms with Crippen molar-refractivity contribution in [2.75, 3.05) is 13.2 Å². The van der Waals surface area contributed by atoms with Gasteiger partial charge in [-0.05, 0) is 89.9 Å². The lowest BCUT2D eigenvalue weighted by molar-refractivity contribution is -0.167. The first-order chi connectivity index (χ1) is 34.0. The van der Waals surface area contributed by atoms with Crippen LogP contribution in [0.3, 0.4) is 0 Å². The summed E-state index contributed by atoms with van der Waals surface area (Å²) in [7, 11) is 0. The summed E-state index contributed by atoms with van der Waals surface area (Å²) in [6.45, 7) is 6.50. The van der Waals surface area contributed by atoms with Crippen molar-refractivity contribution < 1.29 is 28.6 Å². The molecule has 0 spiro atoms. The molecule has 1 atom stereocenters. The normalized spacial score (nSPS) is 12.6. The molecule has 1 unspecified atom stereocenters. The number of allylic oxidation sites excluding steroid dienone is 12. The molecule has 0 rings (SSSR count). The molecule has 6 nitrogen and oxygen atoms in total. The molecule has 0 saturated heterocycles. The highest BCUT2D eigenvalue weighted by atomic mass is 16.6. The number of unbranched alkanes of at least 4 members (excludes halogenated alkanes) is 30. The molecular weight excluding hydrogens is 853 g/mol. The second-order valence-electron chi connectivity index (χ2n) is 19.5. The van der Waals surface area contributed by atoms with Gasteiger partial charge in [-0.2, -0.15) is 0 Å². The zero-order valence-corrected chi connectivity index (χ0v) is 45.6. The first-order valence-electron chi connectivity index (χ1n) is 29.4. The Hall–Kier alpha value is -3.15. The quantitative estimate of drug-likeness (QED) is 0.0262. The molecule has 0 aromatic rings. The van der Waals surface area contributed by atoms with E-state index in [2.05, 4.69) is 93.7 Å². The van der Waals surface area contributed by atoms with Gasteiger partial charge in [0.2, 0.25) is 0 Å². The van der Waals surface area contributed by atoms with Gasteiger partial charge in [-0.1, -0.05) is 254 Å². The number of hydrogen-bond acceptors (Lipinski definition) is 6. The molecule has 6 heteroatoms. The minimum Gasteiger partial charge on any atom is -0.462 e. The number of rotatable bonds is 53. The summed E-state index contributed by atoms with van der Waals surface area (Å²) in [5.41, 5.74) is 0. The molecule has 69 heavy (non-hydrogen) atoms. The van der Waals surface area contributed by atoms with E-state index in [1.165, 1.54) is 148 Å². The summed E-state index contributed by atoms with van der Waals surface area (Å²) in [6.07, 6.45) is 73.3. The third-order valence-corrected chi connectivity index (χ3v) is 12.7. The van der Waals surface area contributed by atoms with Crippen molar-refractivity contribution in [3.05, 3.63) is 72.9 Å². The van der Waals surface area contributed by atoms with Crippen LogP contribution < -0.4 is 0 Å². The van der Waals surface area contributed by atoms with Gasteiger partial charge in [0.25, 0.3) is 0 Å². The lowest BCUT2D eigenvalue weighted by Crippen LogP contribution is -2.30. The molecule has 0 saturated carbocycles. The molecule has 0 aliphatic heterocycles. The molecule has 0 bridgehead atoms. The Bertz CT molecular complexity index is 1290. The molecule has 0 amide bonds. The lowest BCUT2D eigenvalue weighted by Gasteiger charge is -2.18. The Balaban J connectivity index is 4.38. The number of carbonyl (C=O) groups is 3. The van der Waals surface area contributed by atoms with Crippen molar-refractivity contribution in [2.24, 2.45) is 0 Å². The molecule has 0 radical (unpaired) electrons. The fourth-order valence-corrected chi connectivity index (χ4v) is 8.29. The fraction of sp³-hybridized carbons (Fsp3) is 0.762. The predicted octanol–water partition coefficient (Wildman–Crippen LogP) is 19.8. The fourth-order valence-electron chi connectivity index (χ4n) is 8.29. The minimum absolute atomic E-state index is 0.0891. The number of ether oxygens (including phenoxy) is 3. The van der Waals surface area contributed by atoms with Crippen molar-refractivity contribution in [1.29, 1.82) is 0 Å². The van der Waals surface area contributed by atoms with Crippen LogP contribution in [-0.2, 0) is 28.6 Å². The van der Waals surface area contributed by atoms with Crippen molar-refractivity contribution in [2.45, 2.75) is 297 Å². The van der Waals surface area contributed by atoms with Crippen molar-refractivity contribution in [3.63, 3.8) is 0 Å². The molecule has 0 aromatic carbocycles. The van der Waals surface area contributed by atoms with Gasteiger partial charge in [-0.15, -0.1) is 0 Å². The standard InChI is InChI=1S/C63H110O6/c1-4-7-10-13-16-19-22-25-27-29-31-33-34-36-38-41-44-47-50-53-56-62(65)68-59-60(58-67-61(64)55-52-49-46-43-40-24-21-18-15-12-9-6-3)69-63(66)57-54-51-48-45-42-39-37-35-32-30-28-26-23-20-17-14-11-8-5-2/h8,11,17-18,20-21,26,28,32,35,39,42,60H,4-7,9-10,12-16,19,22-25,27,29-31,33-34,36-38,40-41,43-59H2,1-3H3/b11-8-,20-17-,21-18-,28-26-,35-32-,42-39-. The van der Waals surface area contributed by atoms with E-state index in [-0.39, 0.29) is 37.5 Å². The second kappa shape index (κ2) is 57.4. The lowest BCUT2D eigenvalue weighted by atomic mass is 10.0. The zero-order valence-electron chi connectivity index (χ0n) is 45.6. The summed E-state index contributed by atoms with van der Waals surface area (Å²) in [5, 5.41) is 0. The first kappa shape index (κ1) is 65.8. The average molecular weight is 964 g/mol. The van der Waals surface area contributed by atoms with Gasteiger partial charge in [0.15, 0.2) is 6.10 Å². The van der Waals surface area contributed by atoms with E-state index >= 15 is 0 Å². The third kappa shape index (κ3) is 55.6. The van der Waals surface area contributed by atoms with Gasteiger partial charge in [0.1, 0.15) is 13.2 Å². The topological polar surface area (TPSA) is 78.9 Å². The molecular formula is C63H110O6. The van der Waals surface area contributed by atoms with E-state index in [1.807, 2.05) is 0 Å². The third-order valence-electron chi connectivity index (χ3n) is 12.7. The highest BCUT2D eigenvalue weighted by molar-refractivity contribution is 5.71. The molecule has 0 aliphatic carbocycles. The van der Waals surface area contributed by atoms with Crippen LogP contribution in [0, 0.1) is 0 Å². The Morgan fingerprint density at radius 1 is 0.304 bits per heavy atom. The van der Waals surface area contributed by atoms with Gasteiger partial charge >= 0.3 is 17.9 Å². The van der Waals surface area contributed by atoms with Crippen LogP contribution in [0.2, 0.25) is 0 Å². The first-order valence-corrected chi connectivity index (χ1v) is 29.4. The minimum atomic E-state index is -0.795. The molecule has 0 fully saturated rings. The van der Waals surface area contributed by atoms with E-state index in [9.17, 15) is 14.4 Å². The van der Waals surface area contributed by atoms with E-state index in [0.29, 0.717) is 12.8 Å². The molecule has 0 N–H and O–H groups in total. The Kier molecular flexibility index (Phi) is 54.8. The van der Waals surface area contributed by atoms with Gasteiger partial charge in [-0.3, -0.25) is 14.4 Å². The average Bonchev–Trinajstić information content (AvgIpc) is 3.35. The van der Waals surface area contributed by atoms with Crippen LogP contribution in [-0.4, -0.2) is 37.2 Å². The Morgan fingerprint density at radius 2 is 0.565 bits per heavy atom. The van der Waals surface area contributed by atoms with Gasteiger partial charge in [0, 0.05) is 19.3 Å². The Morgan fingerprint density at radius 3 is 0.942 bits per heavy atom. The summed E-state index contributed by atoms with van der Waals surface area (Å²) in [5.74, 6) is -0.921. The van der Waals surface area contributed by atoms with Crippen LogP contribution in [0.15, 0.2) is 72.9 Å². The molecule has 398 valence electrons. The second-order valence-corrected chi connectivity index (χ2v) is 19.5. The summed E-state index contributed by atoms with van der Waals surface area (Å²) in [6, 6.07) is 0. The number of carbonyl (C=O) groups excluding carboxylic acids is 3. The van der Waals surface area contributed by atoms with Crippen LogP contribution in [0.1, 0.15) is 290 Å². The maximum absolute atomic E-state index is 12.9. The van der Waals surface area contributed by atoms with Crippen molar-refractivity contribution in [1.82, 2.24) is 0 Å². The highest BCUT2D eigenvalue weighted by Gasteiger charge is 2.19. The summed E-state index contributed by atoms with van der Waals surface area (Å²) >= 11 is 0. The predicted molar refractivity (Wildman–Crippen MR) is 298 cm³/mol. The van der Waals surface area contributed by atoms with Crippen LogP contribution >= 0.6 is 0 Å². The molecule has 0 heterocycles. The van der Waals surface area contributed by atoms with E-state index in [4.69, 9.17) is 14.2 Å². The van der Waals surface area contributed by atoms with Gasteiger partial charge in [-0.25, -0.2) is 0 Å². The van der Waals surface area contributed by atoms with Crippen LogP contribution in [0.5, 0.6) is 0 Å². The van der Waals surface area contributed by atoms with Gasteiger partial charge < -0.3 is 14.2 Å². The largest absolute Gasteiger partial charge is 0.462 e. The maximum Gasteiger partial charge on any atom is 0.306 e. The number of esters is 3. The van der Waals surface area contributed by atoms with Crippen LogP contribution in [0.25, 0.3) is 0 Å². The van der Waals surface area contributed by atoms with Gasteiger partial charge in [0.05, 0.1) is 0 Å². The Labute approximate surface area is 427 Å². The maximum atomic E-state index is 12.9. The highest BCUT2D eigenvalue weighted by Crippen LogP contribution is 2.16. The SMILES string of the molecule is CC/C=C\C/C=C\C/C=C\C/C=C\C/C=C\CCCCCC(=O)OC(COC(=O)CCCCCCC/C=C\CCCCC)COC(=O)CCCCCCCCCCCCCCCCCCCCCC. The smallest absolute Gasteiger partial charge is 0.306 e. The number of hydrogen-bond donors (Lipinski definition) is 0. The molecule has 0 aromatic heterocycles.